The van der Waals surface area contributed by atoms with E-state index in [2.05, 4.69) is 10.3 Å². The lowest BCUT2D eigenvalue weighted by atomic mass is 9.95. The molecule has 1 aromatic heterocycles. The fourth-order valence-electron chi connectivity index (χ4n) is 2.82. The van der Waals surface area contributed by atoms with Crippen molar-refractivity contribution in [3.63, 3.8) is 0 Å². The quantitative estimate of drug-likeness (QED) is 0.784. The maximum atomic E-state index is 12.0. The van der Waals surface area contributed by atoms with Crippen molar-refractivity contribution >= 4 is 22.7 Å². The third-order valence-corrected chi connectivity index (χ3v) is 3.78. The first kappa shape index (κ1) is 12.7. The van der Waals surface area contributed by atoms with Crippen molar-refractivity contribution in [3.8, 4) is 0 Å². The first-order chi connectivity index (χ1) is 9.65. The van der Waals surface area contributed by atoms with Gasteiger partial charge in [0.05, 0.1) is 6.54 Å². The molecular formula is C15H17N3O2. The van der Waals surface area contributed by atoms with E-state index in [1.54, 1.807) is 6.07 Å². The SMILES string of the molecule is NC(=O)CNC(=O)c1ccc2[nH]c3c(c2c1)CCCC3. The molecule has 0 aliphatic heterocycles. The molecule has 0 radical (unpaired) electrons. The van der Waals surface area contributed by atoms with E-state index in [0.717, 1.165) is 23.7 Å². The first-order valence-corrected chi connectivity index (χ1v) is 6.85. The highest BCUT2D eigenvalue weighted by Crippen LogP contribution is 2.29. The Morgan fingerprint density at radius 3 is 2.85 bits per heavy atom. The number of rotatable bonds is 3. The molecule has 104 valence electrons. The van der Waals surface area contributed by atoms with Crippen molar-refractivity contribution in [2.75, 3.05) is 6.54 Å². The second-order valence-electron chi connectivity index (χ2n) is 5.20. The predicted octanol–water partition coefficient (Wildman–Crippen LogP) is 1.26. The summed E-state index contributed by atoms with van der Waals surface area (Å²) in [6.07, 6.45) is 4.54. The third kappa shape index (κ3) is 2.27. The fourth-order valence-corrected chi connectivity index (χ4v) is 2.82. The van der Waals surface area contributed by atoms with Gasteiger partial charge in [-0.15, -0.1) is 0 Å². The summed E-state index contributed by atoms with van der Waals surface area (Å²) in [6.45, 7) is -0.137. The molecule has 20 heavy (non-hydrogen) atoms. The maximum Gasteiger partial charge on any atom is 0.251 e. The number of aryl methyl sites for hydroxylation is 2. The van der Waals surface area contributed by atoms with Crippen LogP contribution in [0.3, 0.4) is 0 Å². The average Bonchev–Trinajstić information content (AvgIpc) is 2.82. The molecule has 5 nitrogen and oxygen atoms in total. The van der Waals surface area contributed by atoms with E-state index in [1.807, 2.05) is 12.1 Å². The Morgan fingerprint density at radius 1 is 1.25 bits per heavy atom. The van der Waals surface area contributed by atoms with Gasteiger partial charge in [0.1, 0.15) is 0 Å². The average molecular weight is 271 g/mol. The summed E-state index contributed by atoms with van der Waals surface area (Å²) in [6, 6.07) is 5.58. The van der Waals surface area contributed by atoms with Crippen LogP contribution in [0.1, 0.15) is 34.5 Å². The van der Waals surface area contributed by atoms with Gasteiger partial charge in [-0.2, -0.15) is 0 Å². The number of aromatic amines is 1. The topological polar surface area (TPSA) is 88.0 Å². The van der Waals surface area contributed by atoms with Crippen molar-refractivity contribution in [1.82, 2.24) is 10.3 Å². The minimum absolute atomic E-state index is 0.137. The lowest BCUT2D eigenvalue weighted by Gasteiger charge is -2.10. The summed E-state index contributed by atoms with van der Waals surface area (Å²) in [5.74, 6) is -0.810. The monoisotopic (exact) mass is 271 g/mol. The van der Waals surface area contributed by atoms with Gasteiger partial charge in [0, 0.05) is 22.2 Å². The van der Waals surface area contributed by atoms with Crippen LogP contribution in [0.2, 0.25) is 0 Å². The normalized spacial score (nSPS) is 14.0. The highest BCUT2D eigenvalue weighted by atomic mass is 16.2. The zero-order chi connectivity index (χ0) is 14.1. The first-order valence-electron chi connectivity index (χ1n) is 6.85. The molecule has 0 saturated carbocycles. The van der Waals surface area contributed by atoms with E-state index < -0.39 is 5.91 Å². The number of primary amides is 1. The number of hydrogen-bond donors (Lipinski definition) is 3. The molecule has 0 unspecified atom stereocenters. The number of nitrogens with one attached hydrogen (secondary N) is 2. The van der Waals surface area contributed by atoms with Gasteiger partial charge in [-0.1, -0.05) is 0 Å². The van der Waals surface area contributed by atoms with Crippen molar-refractivity contribution < 1.29 is 9.59 Å². The molecule has 2 aromatic rings. The Labute approximate surface area is 116 Å². The van der Waals surface area contributed by atoms with Crippen LogP contribution in [0, 0.1) is 0 Å². The number of nitrogens with two attached hydrogens (primary N) is 1. The van der Waals surface area contributed by atoms with E-state index in [-0.39, 0.29) is 12.5 Å². The van der Waals surface area contributed by atoms with Gasteiger partial charge in [0.15, 0.2) is 0 Å². The zero-order valence-electron chi connectivity index (χ0n) is 11.2. The van der Waals surface area contributed by atoms with Gasteiger partial charge in [0.25, 0.3) is 5.91 Å². The summed E-state index contributed by atoms with van der Waals surface area (Å²) in [5, 5.41) is 3.63. The van der Waals surface area contributed by atoms with E-state index in [9.17, 15) is 9.59 Å². The van der Waals surface area contributed by atoms with Crippen LogP contribution in [-0.2, 0) is 17.6 Å². The zero-order valence-corrected chi connectivity index (χ0v) is 11.2. The Morgan fingerprint density at radius 2 is 2.05 bits per heavy atom. The van der Waals surface area contributed by atoms with Gasteiger partial charge in [-0.25, -0.2) is 0 Å². The molecule has 1 aliphatic carbocycles. The number of carbonyl (C=O) groups is 2. The molecule has 2 amide bonds. The fraction of sp³-hybridized carbons (Fsp3) is 0.333. The molecule has 5 heteroatoms. The second-order valence-corrected chi connectivity index (χ2v) is 5.20. The number of hydrogen-bond acceptors (Lipinski definition) is 2. The maximum absolute atomic E-state index is 12.0. The van der Waals surface area contributed by atoms with E-state index >= 15 is 0 Å². The minimum atomic E-state index is -0.543. The summed E-state index contributed by atoms with van der Waals surface area (Å²) < 4.78 is 0. The summed E-state index contributed by atoms with van der Waals surface area (Å²) >= 11 is 0. The van der Waals surface area contributed by atoms with Crippen molar-refractivity contribution in [3.05, 3.63) is 35.0 Å². The van der Waals surface area contributed by atoms with Crippen molar-refractivity contribution in [2.45, 2.75) is 25.7 Å². The summed E-state index contributed by atoms with van der Waals surface area (Å²) in [4.78, 5) is 26.1. The lowest BCUT2D eigenvalue weighted by molar-refractivity contribution is -0.117. The minimum Gasteiger partial charge on any atom is -0.368 e. The Balaban J connectivity index is 1.93. The molecule has 0 spiro atoms. The van der Waals surface area contributed by atoms with Crippen molar-refractivity contribution in [2.24, 2.45) is 5.73 Å². The largest absolute Gasteiger partial charge is 0.368 e. The number of aromatic nitrogens is 1. The van der Waals surface area contributed by atoms with Gasteiger partial charge in [0.2, 0.25) is 5.91 Å². The highest BCUT2D eigenvalue weighted by molar-refractivity contribution is 6.00. The standard InChI is InChI=1S/C15H17N3O2/c16-14(19)8-17-15(20)9-5-6-13-11(7-9)10-3-1-2-4-12(10)18-13/h5-7,18H,1-4,8H2,(H2,16,19)(H,17,20). The number of amides is 2. The lowest BCUT2D eigenvalue weighted by Crippen LogP contribution is -2.33. The number of H-pyrrole nitrogens is 1. The van der Waals surface area contributed by atoms with Crippen LogP contribution in [-0.4, -0.2) is 23.3 Å². The Hall–Kier alpha value is -2.30. The molecule has 0 saturated heterocycles. The number of fused-ring (bicyclic) bond motifs is 3. The molecule has 0 bridgehead atoms. The summed E-state index contributed by atoms with van der Waals surface area (Å²) in [7, 11) is 0. The van der Waals surface area contributed by atoms with E-state index in [1.165, 1.54) is 24.1 Å². The van der Waals surface area contributed by atoms with Crippen LogP contribution < -0.4 is 11.1 Å². The molecule has 1 heterocycles. The number of benzene rings is 1. The van der Waals surface area contributed by atoms with Crippen molar-refractivity contribution in [1.29, 1.82) is 0 Å². The second kappa shape index (κ2) is 5.00. The predicted molar refractivity (Wildman–Crippen MR) is 76.5 cm³/mol. The molecule has 1 aromatic carbocycles. The van der Waals surface area contributed by atoms with Crippen LogP contribution in [0.15, 0.2) is 18.2 Å². The Kier molecular flexibility index (Phi) is 3.18. The van der Waals surface area contributed by atoms with Crippen LogP contribution in [0.5, 0.6) is 0 Å². The van der Waals surface area contributed by atoms with Gasteiger partial charge >= 0.3 is 0 Å². The molecule has 4 N–H and O–H groups in total. The number of carbonyl (C=O) groups excluding carboxylic acids is 2. The van der Waals surface area contributed by atoms with Gasteiger partial charge in [-0.3, -0.25) is 9.59 Å². The van der Waals surface area contributed by atoms with Crippen LogP contribution >= 0.6 is 0 Å². The van der Waals surface area contributed by atoms with Gasteiger partial charge in [-0.05, 0) is 49.4 Å². The van der Waals surface area contributed by atoms with E-state index in [4.69, 9.17) is 5.73 Å². The smallest absolute Gasteiger partial charge is 0.251 e. The highest BCUT2D eigenvalue weighted by Gasteiger charge is 2.16. The Bertz CT molecular complexity index is 688. The molecule has 0 atom stereocenters. The van der Waals surface area contributed by atoms with Gasteiger partial charge < -0.3 is 16.0 Å². The van der Waals surface area contributed by atoms with Crippen LogP contribution in [0.4, 0.5) is 0 Å². The molecule has 3 rings (SSSR count). The third-order valence-electron chi connectivity index (χ3n) is 3.78. The van der Waals surface area contributed by atoms with E-state index in [0.29, 0.717) is 5.56 Å². The molecule has 0 fully saturated rings. The molecular weight excluding hydrogens is 254 g/mol. The van der Waals surface area contributed by atoms with Crippen LogP contribution in [0.25, 0.3) is 10.9 Å². The molecule has 1 aliphatic rings. The summed E-state index contributed by atoms with van der Waals surface area (Å²) in [5.41, 5.74) is 9.28.